The predicted octanol–water partition coefficient (Wildman–Crippen LogP) is 0.685. The molecule has 3 N–H and O–H groups in total. The average molecular weight is 207 g/mol. The molecule has 0 spiro atoms. The van der Waals surface area contributed by atoms with Gasteiger partial charge in [-0.05, 0) is 13.8 Å². The number of rotatable bonds is 3. The Kier molecular flexibility index (Phi) is 2.51. The lowest BCUT2D eigenvalue weighted by atomic mass is 10.3. The molecule has 1 atom stereocenters. The van der Waals surface area contributed by atoms with E-state index in [4.69, 9.17) is 10.3 Å². The normalized spacial score (nSPS) is 13.0. The Morgan fingerprint density at radius 1 is 1.53 bits per heavy atom. The van der Waals surface area contributed by atoms with E-state index in [0.29, 0.717) is 18.1 Å². The van der Waals surface area contributed by atoms with Crippen molar-refractivity contribution in [3.63, 3.8) is 0 Å². The van der Waals surface area contributed by atoms with Crippen molar-refractivity contribution in [2.24, 2.45) is 5.73 Å². The van der Waals surface area contributed by atoms with E-state index in [-0.39, 0.29) is 6.04 Å². The molecule has 2 aromatic heterocycles. The number of fused-ring (bicyclic) bond motifs is 1. The third-order valence-corrected chi connectivity index (χ3v) is 1.93. The fourth-order valence-corrected chi connectivity index (χ4v) is 1.26. The van der Waals surface area contributed by atoms with Crippen molar-refractivity contribution < 1.29 is 4.52 Å². The summed E-state index contributed by atoms with van der Waals surface area (Å²) in [4.78, 5) is 8.38. The first kappa shape index (κ1) is 9.85. The summed E-state index contributed by atoms with van der Waals surface area (Å²) >= 11 is 0. The summed E-state index contributed by atoms with van der Waals surface area (Å²) in [6, 6.07) is 0.0650. The van der Waals surface area contributed by atoms with Crippen LogP contribution in [-0.2, 0) is 0 Å². The molecule has 80 valence electrons. The van der Waals surface area contributed by atoms with Crippen molar-refractivity contribution in [2.45, 2.75) is 19.9 Å². The van der Waals surface area contributed by atoms with E-state index < -0.39 is 0 Å². The lowest BCUT2D eigenvalue weighted by molar-refractivity contribution is 0.448. The monoisotopic (exact) mass is 207 g/mol. The third kappa shape index (κ3) is 2.04. The molecule has 0 aliphatic rings. The van der Waals surface area contributed by atoms with Crippen molar-refractivity contribution in [1.29, 1.82) is 0 Å². The van der Waals surface area contributed by atoms with E-state index in [9.17, 15) is 0 Å². The van der Waals surface area contributed by atoms with Crippen LogP contribution in [0.2, 0.25) is 0 Å². The zero-order valence-electron chi connectivity index (χ0n) is 8.69. The molecule has 0 aromatic carbocycles. The fourth-order valence-electron chi connectivity index (χ4n) is 1.26. The van der Waals surface area contributed by atoms with Gasteiger partial charge in [0.05, 0.1) is 6.20 Å². The smallest absolute Gasteiger partial charge is 0.263 e. The first-order valence-corrected chi connectivity index (χ1v) is 4.75. The first-order chi connectivity index (χ1) is 7.16. The largest absolute Gasteiger partial charge is 0.368 e. The zero-order chi connectivity index (χ0) is 10.8. The predicted molar refractivity (Wildman–Crippen MR) is 56.5 cm³/mol. The Balaban J connectivity index is 2.35. The van der Waals surface area contributed by atoms with E-state index >= 15 is 0 Å². The van der Waals surface area contributed by atoms with Crippen LogP contribution in [0.25, 0.3) is 11.1 Å². The Morgan fingerprint density at radius 3 is 3.07 bits per heavy atom. The molecule has 2 heterocycles. The van der Waals surface area contributed by atoms with Crippen molar-refractivity contribution in [3.8, 4) is 0 Å². The van der Waals surface area contributed by atoms with Crippen molar-refractivity contribution in [1.82, 2.24) is 15.1 Å². The molecule has 0 aliphatic carbocycles. The van der Waals surface area contributed by atoms with Gasteiger partial charge in [0.1, 0.15) is 17.0 Å². The van der Waals surface area contributed by atoms with Gasteiger partial charge in [-0.3, -0.25) is 0 Å². The van der Waals surface area contributed by atoms with Crippen molar-refractivity contribution in [3.05, 3.63) is 12.0 Å². The van der Waals surface area contributed by atoms with Crippen LogP contribution < -0.4 is 11.1 Å². The van der Waals surface area contributed by atoms with Gasteiger partial charge in [0, 0.05) is 12.6 Å². The number of nitrogens with one attached hydrogen (secondary N) is 1. The van der Waals surface area contributed by atoms with Crippen LogP contribution in [0.15, 0.2) is 10.7 Å². The summed E-state index contributed by atoms with van der Waals surface area (Å²) in [6.07, 6.45) is 1.60. The molecule has 0 amide bonds. The van der Waals surface area contributed by atoms with Crippen LogP contribution in [0.3, 0.4) is 0 Å². The molecule has 1 unspecified atom stereocenters. The number of anilines is 1. The van der Waals surface area contributed by atoms with Crippen LogP contribution in [-0.4, -0.2) is 27.7 Å². The SMILES string of the molecule is Cc1nc(NCC(C)N)c2cnoc2n1. The van der Waals surface area contributed by atoms with Crippen LogP contribution >= 0.6 is 0 Å². The highest BCUT2D eigenvalue weighted by Gasteiger charge is 2.09. The van der Waals surface area contributed by atoms with Gasteiger partial charge in [-0.25, -0.2) is 4.98 Å². The first-order valence-electron chi connectivity index (χ1n) is 4.75. The summed E-state index contributed by atoms with van der Waals surface area (Å²) in [5.74, 6) is 1.36. The van der Waals surface area contributed by atoms with Crippen LogP contribution in [0, 0.1) is 6.92 Å². The van der Waals surface area contributed by atoms with E-state index in [1.54, 1.807) is 13.1 Å². The van der Waals surface area contributed by atoms with Gasteiger partial charge in [0.25, 0.3) is 5.71 Å². The molecule has 0 aliphatic heterocycles. The van der Waals surface area contributed by atoms with Gasteiger partial charge in [-0.15, -0.1) is 0 Å². The molecule has 2 rings (SSSR count). The molecule has 0 radical (unpaired) electrons. The van der Waals surface area contributed by atoms with Gasteiger partial charge in [-0.1, -0.05) is 5.16 Å². The van der Waals surface area contributed by atoms with E-state index in [1.807, 2.05) is 6.92 Å². The third-order valence-electron chi connectivity index (χ3n) is 1.93. The maximum Gasteiger partial charge on any atom is 0.263 e. The number of hydrogen-bond donors (Lipinski definition) is 2. The summed E-state index contributed by atoms with van der Waals surface area (Å²) in [5.41, 5.74) is 6.15. The molecule has 0 fully saturated rings. The lowest BCUT2D eigenvalue weighted by Gasteiger charge is -2.08. The molecule has 2 aromatic rings. The second kappa shape index (κ2) is 3.82. The van der Waals surface area contributed by atoms with E-state index in [1.165, 1.54) is 0 Å². The maximum atomic E-state index is 5.65. The van der Waals surface area contributed by atoms with Crippen LogP contribution in [0.4, 0.5) is 5.82 Å². The summed E-state index contributed by atoms with van der Waals surface area (Å²) in [5, 5.41) is 7.60. The average Bonchev–Trinajstić information content (AvgIpc) is 2.61. The zero-order valence-corrected chi connectivity index (χ0v) is 8.69. The number of aryl methyl sites for hydroxylation is 1. The highest BCUT2D eigenvalue weighted by atomic mass is 16.5. The Bertz CT molecular complexity index is 464. The number of hydrogen-bond acceptors (Lipinski definition) is 6. The Labute approximate surface area is 86.9 Å². The second-order valence-corrected chi connectivity index (χ2v) is 3.52. The molecule has 15 heavy (non-hydrogen) atoms. The lowest BCUT2D eigenvalue weighted by Crippen LogP contribution is -2.25. The summed E-state index contributed by atoms with van der Waals surface area (Å²) in [6.45, 7) is 4.38. The van der Waals surface area contributed by atoms with Crippen LogP contribution in [0.1, 0.15) is 12.7 Å². The molecule has 6 heteroatoms. The Hall–Kier alpha value is -1.69. The highest BCUT2D eigenvalue weighted by Crippen LogP contribution is 2.19. The van der Waals surface area contributed by atoms with Crippen molar-refractivity contribution >= 4 is 16.9 Å². The standard InChI is InChI=1S/C9H13N5O/c1-5(10)3-11-8-7-4-12-15-9(7)14-6(2)13-8/h4-5H,3,10H2,1-2H3,(H,11,13,14). The van der Waals surface area contributed by atoms with Gasteiger partial charge in [0.15, 0.2) is 0 Å². The molecule has 0 saturated carbocycles. The molecule has 0 bridgehead atoms. The molecule has 0 saturated heterocycles. The number of nitrogens with two attached hydrogens (primary N) is 1. The maximum absolute atomic E-state index is 5.65. The summed E-state index contributed by atoms with van der Waals surface area (Å²) < 4.78 is 4.97. The molecule has 6 nitrogen and oxygen atoms in total. The number of nitrogens with zero attached hydrogens (tertiary/aromatic N) is 3. The van der Waals surface area contributed by atoms with E-state index in [0.717, 1.165) is 11.2 Å². The van der Waals surface area contributed by atoms with Gasteiger partial charge in [-0.2, -0.15) is 4.98 Å². The van der Waals surface area contributed by atoms with Gasteiger partial charge < -0.3 is 15.6 Å². The fraction of sp³-hybridized carbons (Fsp3) is 0.444. The quantitative estimate of drug-likeness (QED) is 0.769. The second-order valence-electron chi connectivity index (χ2n) is 3.52. The highest BCUT2D eigenvalue weighted by molar-refractivity contribution is 5.84. The minimum absolute atomic E-state index is 0.0650. The van der Waals surface area contributed by atoms with Crippen LogP contribution in [0.5, 0.6) is 0 Å². The topological polar surface area (TPSA) is 89.9 Å². The van der Waals surface area contributed by atoms with E-state index in [2.05, 4.69) is 20.4 Å². The summed E-state index contributed by atoms with van der Waals surface area (Å²) in [7, 11) is 0. The molecular weight excluding hydrogens is 194 g/mol. The van der Waals surface area contributed by atoms with Crippen molar-refractivity contribution in [2.75, 3.05) is 11.9 Å². The van der Waals surface area contributed by atoms with Gasteiger partial charge in [0.2, 0.25) is 0 Å². The minimum Gasteiger partial charge on any atom is -0.368 e. The Morgan fingerprint density at radius 2 is 2.33 bits per heavy atom. The number of aromatic nitrogens is 3. The van der Waals surface area contributed by atoms with Gasteiger partial charge >= 0.3 is 0 Å². The molecular formula is C9H13N5O. The minimum atomic E-state index is 0.0650.